The van der Waals surface area contributed by atoms with E-state index in [-0.39, 0.29) is 5.91 Å². The molecule has 0 saturated carbocycles. The van der Waals surface area contributed by atoms with Gasteiger partial charge in [0.05, 0.1) is 0 Å². The van der Waals surface area contributed by atoms with Crippen LogP contribution in [0.3, 0.4) is 0 Å². The highest BCUT2D eigenvalue weighted by atomic mass is 19.4. The predicted molar refractivity (Wildman–Crippen MR) is 122 cm³/mol. The number of carbonyl (C=O) groups is 2. The summed E-state index contributed by atoms with van der Waals surface area (Å²) in [6.45, 7) is 1.99. The summed E-state index contributed by atoms with van der Waals surface area (Å²) < 4.78 is 33.5. The van der Waals surface area contributed by atoms with E-state index >= 15 is 0 Å². The van der Waals surface area contributed by atoms with E-state index in [0.717, 1.165) is 27.9 Å². The molecule has 0 aliphatic rings. The zero-order chi connectivity index (χ0) is 25.6. The van der Waals surface area contributed by atoms with E-state index in [9.17, 15) is 18.0 Å². The lowest BCUT2D eigenvalue weighted by molar-refractivity contribution is -0.192. The summed E-state index contributed by atoms with van der Waals surface area (Å²) in [7, 11) is 1.85. The van der Waals surface area contributed by atoms with Crippen molar-refractivity contribution < 1.29 is 27.9 Å². The number of aryl methyl sites for hydroxylation is 2. The number of carboxylic acids is 1. The maximum atomic E-state index is 12.7. The summed E-state index contributed by atoms with van der Waals surface area (Å²) >= 11 is 0. The zero-order valence-electron chi connectivity index (χ0n) is 18.6. The number of nitrogens with one attached hydrogen (secondary N) is 1. The molecule has 3 aromatic heterocycles. The number of halogens is 3. The fraction of sp³-hybridized carbons (Fsp3) is 0.125. The van der Waals surface area contributed by atoms with Gasteiger partial charge in [0.15, 0.2) is 5.82 Å². The molecule has 0 saturated heterocycles. The molecule has 0 atom stereocenters. The number of aliphatic carboxylic acids is 1. The van der Waals surface area contributed by atoms with Crippen LogP contribution in [0.15, 0.2) is 73.4 Å². The summed E-state index contributed by atoms with van der Waals surface area (Å²) in [5.41, 5.74) is 5.02. The van der Waals surface area contributed by atoms with Crippen molar-refractivity contribution in [1.82, 2.24) is 19.5 Å². The van der Waals surface area contributed by atoms with Crippen LogP contribution in [-0.4, -0.2) is 42.7 Å². The van der Waals surface area contributed by atoms with Crippen molar-refractivity contribution in [3.8, 4) is 22.5 Å². The second-order valence-corrected chi connectivity index (χ2v) is 7.39. The number of hydrogen-bond donors (Lipinski definition) is 2. The topological polar surface area (TPSA) is 110 Å². The molecule has 0 spiro atoms. The van der Waals surface area contributed by atoms with E-state index in [2.05, 4.69) is 20.3 Å². The number of alkyl halides is 3. The van der Waals surface area contributed by atoms with Crippen molar-refractivity contribution in [2.24, 2.45) is 7.05 Å². The van der Waals surface area contributed by atoms with Crippen LogP contribution in [0, 0.1) is 6.92 Å². The Hall–Kier alpha value is -4.54. The van der Waals surface area contributed by atoms with Gasteiger partial charge in [-0.3, -0.25) is 9.78 Å². The number of anilines is 1. The second-order valence-electron chi connectivity index (χ2n) is 7.39. The van der Waals surface area contributed by atoms with Gasteiger partial charge in [0, 0.05) is 60.4 Å². The normalized spacial score (nSPS) is 10.8. The Labute approximate surface area is 198 Å². The summed E-state index contributed by atoms with van der Waals surface area (Å²) in [6, 6.07) is 13.3. The van der Waals surface area contributed by atoms with Crippen LogP contribution in [0.1, 0.15) is 16.1 Å². The van der Waals surface area contributed by atoms with Gasteiger partial charge < -0.3 is 15.0 Å². The molecule has 8 nitrogen and oxygen atoms in total. The molecule has 2 N–H and O–H groups in total. The molecule has 1 amide bonds. The van der Waals surface area contributed by atoms with Gasteiger partial charge >= 0.3 is 12.1 Å². The smallest absolute Gasteiger partial charge is 0.475 e. The fourth-order valence-corrected chi connectivity index (χ4v) is 2.99. The number of benzene rings is 1. The van der Waals surface area contributed by atoms with Gasteiger partial charge in [0.1, 0.15) is 5.69 Å². The number of carbonyl (C=O) groups excluding carboxylic acids is 1. The Morgan fingerprint density at radius 3 is 2.23 bits per heavy atom. The van der Waals surface area contributed by atoms with Gasteiger partial charge in [-0.15, -0.1) is 0 Å². The Kier molecular flexibility index (Phi) is 7.59. The van der Waals surface area contributed by atoms with Gasteiger partial charge in [-0.2, -0.15) is 13.2 Å². The molecule has 0 aliphatic carbocycles. The number of amides is 1. The first-order valence-electron chi connectivity index (χ1n) is 10.1. The van der Waals surface area contributed by atoms with Crippen molar-refractivity contribution in [2.45, 2.75) is 13.1 Å². The van der Waals surface area contributed by atoms with E-state index in [1.807, 2.05) is 62.6 Å². The number of nitrogens with zero attached hydrogens (tertiary/aromatic N) is 4. The van der Waals surface area contributed by atoms with Crippen LogP contribution in [0.2, 0.25) is 0 Å². The van der Waals surface area contributed by atoms with Crippen LogP contribution in [0.4, 0.5) is 18.9 Å². The maximum Gasteiger partial charge on any atom is 0.490 e. The maximum absolute atomic E-state index is 12.7. The molecule has 3 heterocycles. The van der Waals surface area contributed by atoms with Crippen LogP contribution >= 0.6 is 0 Å². The number of carboxylic acid groups (broad SMARTS) is 1. The molecule has 180 valence electrons. The lowest BCUT2D eigenvalue weighted by atomic mass is 10.1. The van der Waals surface area contributed by atoms with E-state index < -0.39 is 12.1 Å². The highest BCUT2D eigenvalue weighted by Gasteiger charge is 2.38. The molecule has 0 radical (unpaired) electrons. The minimum Gasteiger partial charge on any atom is -0.475 e. The molecule has 0 unspecified atom stereocenters. The first-order chi connectivity index (χ1) is 16.5. The summed E-state index contributed by atoms with van der Waals surface area (Å²) in [5.74, 6) is -2.30. The minimum atomic E-state index is -5.08. The van der Waals surface area contributed by atoms with Crippen LogP contribution < -0.4 is 5.32 Å². The molecule has 35 heavy (non-hydrogen) atoms. The van der Waals surface area contributed by atoms with Gasteiger partial charge in [0.25, 0.3) is 5.91 Å². The molecule has 1 aromatic carbocycles. The molecular weight excluding hydrogens is 463 g/mol. The van der Waals surface area contributed by atoms with Crippen molar-refractivity contribution in [3.63, 3.8) is 0 Å². The Morgan fingerprint density at radius 1 is 0.971 bits per heavy atom. The van der Waals surface area contributed by atoms with Crippen molar-refractivity contribution in [1.29, 1.82) is 0 Å². The lowest BCUT2D eigenvalue weighted by Crippen LogP contribution is -2.21. The molecule has 11 heteroatoms. The monoisotopic (exact) mass is 483 g/mol. The molecule has 4 aromatic rings. The van der Waals surface area contributed by atoms with Gasteiger partial charge in [-0.05, 0) is 42.8 Å². The quantitative estimate of drug-likeness (QED) is 0.434. The minimum absolute atomic E-state index is 0.160. The Bertz CT molecular complexity index is 1320. The Balaban J connectivity index is 0.000000429. The zero-order valence-corrected chi connectivity index (χ0v) is 18.6. The predicted octanol–water partition coefficient (Wildman–Crippen LogP) is 4.74. The highest BCUT2D eigenvalue weighted by Crippen LogP contribution is 2.23. The number of pyridine rings is 1. The number of hydrogen-bond acceptors (Lipinski definition) is 5. The lowest BCUT2D eigenvalue weighted by Gasteiger charge is -2.06. The van der Waals surface area contributed by atoms with Crippen molar-refractivity contribution in [2.75, 3.05) is 5.32 Å². The largest absolute Gasteiger partial charge is 0.490 e. The molecule has 0 fully saturated rings. The molecule has 0 aliphatic heterocycles. The van der Waals surface area contributed by atoms with Gasteiger partial charge in [-0.1, -0.05) is 12.1 Å². The molecular formula is C24H20F3N5O3. The van der Waals surface area contributed by atoms with Crippen LogP contribution in [-0.2, 0) is 11.8 Å². The molecule has 4 rings (SSSR count). The van der Waals surface area contributed by atoms with Gasteiger partial charge in [0.2, 0.25) is 0 Å². The number of rotatable bonds is 4. The van der Waals surface area contributed by atoms with E-state index in [1.165, 1.54) is 0 Å². The average molecular weight is 483 g/mol. The fourth-order valence-electron chi connectivity index (χ4n) is 2.99. The third-order valence-corrected chi connectivity index (χ3v) is 4.66. The second kappa shape index (κ2) is 10.6. The Morgan fingerprint density at radius 2 is 1.66 bits per heavy atom. The summed E-state index contributed by atoms with van der Waals surface area (Å²) in [4.78, 5) is 34.5. The van der Waals surface area contributed by atoms with E-state index in [4.69, 9.17) is 9.90 Å². The van der Waals surface area contributed by atoms with E-state index in [0.29, 0.717) is 11.5 Å². The average Bonchev–Trinajstić information content (AvgIpc) is 3.21. The SMILES string of the molecule is Cc1cccc(NC(=O)c2cc(-c3cnc(-c4cccnc4)nc3)cn2C)c1.O=C(O)C(F)(F)F. The van der Waals surface area contributed by atoms with Gasteiger partial charge in [-0.25, -0.2) is 14.8 Å². The first-order valence-corrected chi connectivity index (χ1v) is 10.1. The number of aromatic nitrogens is 4. The highest BCUT2D eigenvalue weighted by molar-refractivity contribution is 6.04. The van der Waals surface area contributed by atoms with Crippen molar-refractivity contribution in [3.05, 3.63) is 84.7 Å². The van der Waals surface area contributed by atoms with Crippen LogP contribution in [0.5, 0.6) is 0 Å². The standard InChI is InChI=1S/C22H19N5O.C2HF3O2/c1-15-5-3-7-19(9-15)26-22(28)20-10-17(14-27(20)2)18-12-24-21(25-13-18)16-6-4-8-23-11-16;3-2(4,5)1(6)7/h3-14H,1-2H3,(H,26,28);(H,6,7). The third kappa shape index (κ3) is 6.73. The van der Waals surface area contributed by atoms with Crippen molar-refractivity contribution >= 4 is 17.6 Å². The van der Waals surface area contributed by atoms with Crippen LogP contribution in [0.25, 0.3) is 22.5 Å². The summed E-state index contributed by atoms with van der Waals surface area (Å²) in [6.07, 6.45) is 3.77. The molecule has 0 bridgehead atoms. The van der Waals surface area contributed by atoms with E-state index in [1.54, 1.807) is 29.4 Å². The third-order valence-electron chi connectivity index (χ3n) is 4.66. The summed E-state index contributed by atoms with van der Waals surface area (Å²) in [5, 5.41) is 10.1. The first kappa shape index (κ1) is 25.1.